The molecule has 2 rings (SSSR count). The summed E-state index contributed by atoms with van der Waals surface area (Å²) >= 11 is 0. The summed E-state index contributed by atoms with van der Waals surface area (Å²) < 4.78 is 0. The van der Waals surface area contributed by atoms with Crippen LogP contribution in [0.1, 0.15) is 24.1 Å². The number of anilines is 1. The second-order valence-corrected chi connectivity index (χ2v) is 3.97. The minimum atomic E-state index is 0.227. The number of hydrogen-bond acceptors (Lipinski definition) is 2. The topological polar surface area (TPSA) is 35.8 Å². The van der Waals surface area contributed by atoms with Gasteiger partial charge in [0.05, 0.1) is 11.6 Å². The molecule has 2 heteroatoms. The van der Waals surface area contributed by atoms with Crippen molar-refractivity contribution in [2.45, 2.75) is 13.0 Å². The van der Waals surface area contributed by atoms with Gasteiger partial charge in [-0.3, -0.25) is 0 Å². The lowest BCUT2D eigenvalue weighted by molar-refractivity contribution is 0.884. The van der Waals surface area contributed by atoms with E-state index in [1.165, 1.54) is 5.56 Å². The van der Waals surface area contributed by atoms with Crippen LogP contribution in [0, 0.1) is 11.3 Å². The summed E-state index contributed by atoms with van der Waals surface area (Å²) in [5.74, 6) is 0. The molecular formula is C15H14N2. The predicted octanol–water partition coefficient (Wildman–Crippen LogP) is 3.73. The van der Waals surface area contributed by atoms with Crippen LogP contribution in [0.5, 0.6) is 0 Å². The van der Waals surface area contributed by atoms with Gasteiger partial charge in [0.1, 0.15) is 0 Å². The van der Waals surface area contributed by atoms with Crippen molar-refractivity contribution in [3.63, 3.8) is 0 Å². The van der Waals surface area contributed by atoms with Crippen molar-refractivity contribution < 1.29 is 0 Å². The van der Waals surface area contributed by atoms with Crippen LogP contribution in [-0.4, -0.2) is 0 Å². The van der Waals surface area contributed by atoms with Crippen LogP contribution >= 0.6 is 0 Å². The second-order valence-electron chi connectivity index (χ2n) is 3.97. The average Bonchev–Trinajstić information content (AvgIpc) is 2.40. The molecular weight excluding hydrogens is 208 g/mol. The van der Waals surface area contributed by atoms with Crippen molar-refractivity contribution in [2.24, 2.45) is 0 Å². The first kappa shape index (κ1) is 11.2. The highest BCUT2D eigenvalue weighted by atomic mass is 14.9. The van der Waals surface area contributed by atoms with Gasteiger partial charge in [-0.25, -0.2) is 0 Å². The van der Waals surface area contributed by atoms with E-state index in [1.54, 1.807) is 0 Å². The van der Waals surface area contributed by atoms with E-state index in [0.29, 0.717) is 5.56 Å². The highest BCUT2D eigenvalue weighted by molar-refractivity contribution is 5.45. The summed E-state index contributed by atoms with van der Waals surface area (Å²) in [5, 5.41) is 12.1. The summed E-state index contributed by atoms with van der Waals surface area (Å²) in [6, 6.07) is 20.1. The standard InChI is InChI=1S/C15H14N2/c1-12(17-15-5-3-2-4-6-15)14-9-7-13(11-16)8-10-14/h2-10,12,17H,1H3. The Hall–Kier alpha value is -2.27. The van der Waals surface area contributed by atoms with Gasteiger partial charge >= 0.3 is 0 Å². The Morgan fingerprint density at radius 3 is 2.24 bits per heavy atom. The minimum absolute atomic E-state index is 0.227. The van der Waals surface area contributed by atoms with Crippen LogP contribution in [0.3, 0.4) is 0 Å². The molecule has 0 amide bonds. The van der Waals surface area contributed by atoms with Gasteiger partial charge in [0.2, 0.25) is 0 Å². The largest absolute Gasteiger partial charge is 0.379 e. The van der Waals surface area contributed by atoms with Crippen molar-refractivity contribution >= 4 is 5.69 Å². The number of nitrogens with zero attached hydrogens (tertiary/aromatic N) is 1. The Morgan fingerprint density at radius 2 is 1.65 bits per heavy atom. The van der Waals surface area contributed by atoms with Gasteiger partial charge in [-0.15, -0.1) is 0 Å². The van der Waals surface area contributed by atoms with Gasteiger partial charge in [-0.05, 0) is 36.8 Å². The highest BCUT2D eigenvalue weighted by Crippen LogP contribution is 2.19. The van der Waals surface area contributed by atoms with Crippen LogP contribution in [0.25, 0.3) is 0 Å². The molecule has 0 saturated carbocycles. The van der Waals surface area contributed by atoms with E-state index in [9.17, 15) is 0 Å². The van der Waals surface area contributed by atoms with E-state index in [0.717, 1.165) is 5.69 Å². The molecule has 0 radical (unpaired) electrons. The first-order valence-corrected chi connectivity index (χ1v) is 5.61. The van der Waals surface area contributed by atoms with Crippen LogP contribution in [0.4, 0.5) is 5.69 Å². The minimum Gasteiger partial charge on any atom is -0.379 e. The molecule has 0 spiro atoms. The number of benzene rings is 2. The lowest BCUT2D eigenvalue weighted by atomic mass is 10.1. The summed E-state index contributed by atoms with van der Waals surface area (Å²) in [4.78, 5) is 0. The predicted molar refractivity (Wildman–Crippen MR) is 69.6 cm³/mol. The summed E-state index contributed by atoms with van der Waals surface area (Å²) in [6.07, 6.45) is 0. The molecule has 0 heterocycles. The average molecular weight is 222 g/mol. The molecule has 0 aliphatic heterocycles. The van der Waals surface area contributed by atoms with Crippen molar-refractivity contribution in [2.75, 3.05) is 5.32 Å². The molecule has 1 unspecified atom stereocenters. The zero-order valence-electron chi connectivity index (χ0n) is 9.72. The third-order valence-electron chi connectivity index (χ3n) is 2.70. The highest BCUT2D eigenvalue weighted by Gasteiger charge is 2.04. The van der Waals surface area contributed by atoms with Crippen molar-refractivity contribution in [3.05, 3.63) is 65.7 Å². The zero-order chi connectivity index (χ0) is 12.1. The van der Waals surface area contributed by atoms with Crippen LogP contribution in [-0.2, 0) is 0 Å². The Bertz CT molecular complexity index is 509. The van der Waals surface area contributed by atoms with Gasteiger partial charge in [-0.1, -0.05) is 30.3 Å². The van der Waals surface area contributed by atoms with E-state index < -0.39 is 0 Å². The number of rotatable bonds is 3. The monoisotopic (exact) mass is 222 g/mol. The number of nitrogens with one attached hydrogen (secondary N) is 1. The van der Waals surface area contributed by atoms with Crippen molar-refractivity contribution in [1.82, 2.24) is 0 Å². The molecule has 0 aliphatic rings. The van der Waals surface area contributed by atoms with E-state index >= 15 is 0 Å². The van der Waals surface area contributed by atoms with Gasteiger partial charge in [0.15, 0.2) is 0 Å². The molecule has 0 bridgehead atoms. The molecule has 0 fully saturated rings. The molecule has 17 heavy (non-hydrogen) atoms. The Kier molecular flexibility index (Phi) is 3.42. The molecule has 0 aliphatic carbocycles. The van der Waals surface area contributed by atoms with E-state index in [-0.39, 0.29) is 6.04 Å². The maximum absolute atomic E-state index is 8.74. The molecule has 0 saturated heterocycles. The van der Waals surface area contributed by atoms with E-state index in [2.05, 4.69) is 18.3 Å². The second kappa shape index (κ2) is 5.18. The molecule has 84 valence electrons. The fourth-order valence-corrected chi connectivity index (χ4v) is 1.71. The van der Waals surface area contributed by atoms with Gasteiger partial charge in [0.25, 0.3) is 0 Å². The maximum atomic E-state index is 8.74. The van der Waals surface area contributed by atoms with E-state index in [4.69, 9.17) is 5.26 Å². The lowest BCUT2D eigenvalue weighted by Crippen LogP contribution is -2.06. The fraction of sp³-hybridized carbons (Fsp3) is 0.133. The number of nitriles is 1. The molecule has 0 aromatic heterocycles. The van der Waals surface area contributed by atoms with Gasteiger partial charge in [-0.2, -0.15) is 5.26 Å². The first-order chi connectivity index (χ1) is 8.29. The number of para-hydroxylation sites is 1. The lowest BCUT2D eigenvalue weighted by Gasteiger charge is -2.15. The van der Waals surface area contributed by atoms with Crippen LogP contribution in [0.2, 0.25) is 0 Å². The smallest absolute Gasteiger partial charge is 0.0991 e. The summed E-state index contributed by atoms with van der Waals surface area (Å²) in [7, 11) is 0. The quantitative estimate of drug-likeness (QED) is 0.858. The summed E-state index contributed by atoms with van der Waals surface area (Å²) in [6.45, 7) is 2.11. The van der Waals surface area contributed by atoms with Crippen molar-refractivity contribution in [3.8, 4) is 6.07 Å². The molecule has 2 nitrogen and oxygen atoms in total. The van der Waals surface area contributed by atoms with Crippen LogP contribution < -0.4 is 5.32 Å². The molecule has 1 atom stereocenters. The molecule has 1 N–H and O–H groups in total. The van der Waals surface area contributed by atoms with Crippen molar-refractivity contribution in [1.29, 1.82) is 5.26 Å². The summed E-state index contributed by atoms with van der Waals surface area (Å²) in [5.41, 5.74) is 2.97. The zero-order valence-corrected chi connectivity index (χ0v) is 9.72. The SMILES string of the molecule is CC(Nc1ccccc1)c1ccc(C#N)cc1. The molecule has 2 aromatic rings. The third kappa shape index (κ3) is 2.85. The van der Waals surface area contributed by atoms with Gasteiger partial charge in [0, 0.05) is 11.7 Å². The normalized spacial score (nSPS) is 11.5. The van der Waals surface area contributed by atoms with Crippen LogP contribution in [0.15, 0.2) is 54.6 Å². The number of hydrogen-bond donors (Lipinski definition) is 1. The Balaban J connectivity index is 2.10. The van der Waals surface area contributed by atoms with E-state index in [1.807, 2.05) is 54.6 Å². The Morgan fingerprint density at radius 1 is 1.00 bits per heavy atom. The Labute approximate surface area is 102 Å². The fourth-order valence-electron chi connectivity index (χ4n) is 1.71. The first-order valence-electron chi connectivity index (χ1n) is 5.61. The third-order valence-corrected chi connectivity index (χ3v) is 2.70. The molecule has 2 aromatic carbocycles. The maximum Gasteiger partial charge on any atom is 0.0991 e. The van der Waals surface area contributed by atoms with Gasteiger partial charge < -0.3 is 5.32 Å².